The molecule has 0 fully saturated rings. The van der Waals surface area contributed by atoms with E-state index in [2.05, 4.69) is 58.8 Å². The Morgan fingerprint density at radius 1 is 1.16 bits per heavy atom. The number of H-pyrrole nitrogens is 1. The number of thiophene rings is 1. The number of ether oxygens (including phenoxy) is 1. The highest BCUT2D eigenvalue weighted by Gasteiger charge is 2.24. The third-order valence-electron chi connectivity index (χ3n) is 5.23. The van der Waals surface area contributed by atoms with Crippen molar-refractivity contribution < 1.29 is 9.64 Å². The monoisotopic (exact) mass is 453 g/mol. The van der Waals surface area contributed by atoms with Gasteiger partial charge in [-0.2, -0.15) is 0 Å². The Bertz CT molecular complexity index is 1240. The van der Waals surface area contributed by atoms with E-state index in [1.807, 2.05) is 35.9 Å². The normalized spacial score (nSPS) is 12.9. The quantitative estimate of drug-likeness (QED) is 0.428. The summed E-state index contributed by atoms with van der Waals surface area (Å²) in [5, 5.41) is 15.4. The number of aromatic nitrogens is 5. The van der Waals surface area contributed by atoms with Gasteiger partial charge in [0.15, 0.2) is 0 Å². The Hall–Kier alpha value is -3.04. The average molecular weight is 454 g/mol. The number of nitrogens with zero attached hydrogens (tertiary/aromatic N) is 4. The van der Waals surface area contributed by atoms with Gasteiger partial charge in [-0.15, -0.1) is 16.4 Å². The Balaban J connectivity index is 1.66. The lowest BCUT2D eigenvalue weighted by Crippen LogP contribution is -3.08. The lowest BCUT2D eigenvalue weighted by atomic mass is 10.1. The van der Waals surface area contributed by atoms with Gasteiger partial charge in [-0.25, -0.2) is 4.68 Å². The molecule has 4 aromatic rings. The second-order valence-corrected chi connectivity index (χ2v) is 9.88. The van der Waals surface area contributed by atoms with Crippen molar-refractivity contribution in [1.29, 1.82) is 0 Å². The number of tetrazole rings is 1. The van der Waals surface area contributed by atoms with Crippen LogP contribution >= 0.6 is 11.3 Å². The second kappa shape index (κ2) is 9.22. The van der Waals surface area contributed by atoms with E-state index in [1.165, 1.54) is 9.78 Å². The number of pyridine rings is 1. The van der Waals surface area contributed by atoms with Crippen molar-refractivity contribution in [1.82, 2.24) is 25.2 Å². The summed E-state index contributed by atoms with van der Waals surface area (Å²) in [5.41, 5.74) is 1.25. The molecule has 0 radical (unpaired) electrons. The maximum Gasteiger partial charge on any atom is 0.257 e. The summed E-state index contributed by atoms with van der Waals surface area (Å²) in [4.78, 5) is 18.3. The molecule has 3 aromatic heterocycles. The topological polar surface area (TPSA) is 90.1 Å². The van der Waals surface area contributed by atoms with E-state index in [9.17, 15) is 4.79 Å². The van der Waals surface area contributed by atoms with Crippen molar-refractivity contribution in [2.75, 3.05) is 6.61 Å². The Labute approximate surface area is 190 Å². The van der Waals surface area contributed by atoms with E-state index < -0.39 is 0 Å². The molecular weight excluding hydrogens is 424 g/mol. The maximum absolute atomic E-state index is 12.9. The van der Waals surface area contributed by atoms with Crippen molar-refractivity contribution in [3.8, 4) is 5.75 Å². The Kier molecular flexibility index (Phi) is 6.38. The molecule has 0 spiro atoms. The van der Waals surface area contributed by atoms with Gasteiger partial charge in [-0.05, 0) is 73.8 Å². The molecule has 1 atom stereocenters. The predicted octanol–water partition coefficient (Wildman–Crippen LogP) is 2.52. The number of aromatic amines is 1. The maximum atomic E-state index is 12.9. The first kappa shape index (κ1) is 22.2. The number of benzene rings is 1. The zero-order valence-electron chi connectivity index (χ0n) is 18.9. The van der Waals surface area contributed by atoms with Gasteiger partial charge in [0, 0.05) is 10.9 Å². The molecule has 0 aliphatic carbocycles. The summed E-state index contributed by atoms with van der Waals surface area (Å²) in [6.45, 7) is 10.7. The minimum Gasteiger partial charge on any atom is -0.494 e. The fourth-order valence-corrected chi connectivity index (χ4v) is 4.57. The largest absolute Gasteiger partial charge is 0.494 e. The van der Waals surface area contributed by atoms with Crippen LogP contribution in [0.3, 0.4) is 0 Å². The molecule has 0 aliphatic heterocycles. The fourth-order valence-electron chi connectivity index (χ4n) is 3.79. The summed E-state index contributed by atoms with van der Waals surface area (Å²) in [6, 6.07) is 11.9. The highest BCUT2D eigenvalue weighted by molar-refractivity contribution is 7.09. The van der Waals surface area contributed by atoms with E-state index >= 15 is 0 Å². The van der Waals surface area contributed by atoms with Gasteiger partial charge in [0.05, 0.1) is 22.6 Å². The summed E-state index contributed by atoms with van der Waals surface area (Å²) in [6.07, 6.45) is 0. The lowest BCUT2D eigenvalue weighted by molar-refractivity contribution is -0.941. The number of nitrogens with one attached hydrogen (secondary N) is 2. The second-order valence-electron chi connectivity index (χ2n) is 8.84. The summed E-state index contributed by atoms with van der Waals surface area (Å²) >= 11 is 1.72. The van der Waals surface area contributed by atoms with E-state index in [4.69, 9.17) is 4.74 Å². The minimum absolute atomic E-state index is 0.0687. The van der Waals surface area contributed by atoms with Gasteiger partial charge in [-0.1, -0.05) is 6.07 Å². The Morgan fingerprint density at radius 2 is 2.00 bits per heavy atom. The number of rotatable bonds is 8. The molecule has 0 aliphatic rings. The summed E-state index contributed by atoms with van der Waals surface area (Å²) < 4.78 is 7.49. The van der Waals surface area contributed by atoms with Crippen LogP contribution < -0.4 is 15.2 Å². The van der Waals surface area contributed by atoms with Crippen LogP contribution in [0.5, 0.6) is 5.75 Å². The van der Waals surface area contributed by atoms with Crippen LogP contribution in [0, 0.1) is 0 Å². The molecule has 8 nitrogen and oxygen atoms in total. The third-order valence-corrected chi connectivity index (χ3v) is 6.10. The molecule has 2 N–H and O–H groups in total. The molecule has 9 heteroatoms. The van der Waals surface area contributed by atoms with Crippen LogP contribution in [-0.4, -0.2) is 31.8 Å². The number of quaternary nitrogens is 1. The minimum atomic E-state index is -0.219. The van der Waals surface area contributed by atoms with E-state index in [0.717, 1.165) is 34.6 Å². The van der Waals surface area contributed by atoms with Crippen LogP contribution in [0.4, 0.5) is 0 Å². The third kappa shape index (κ3) is 5.05. The van der Waals surface area contributed by atoms with E-state index in [0.29, 0.717) is 19.7 Å². The SMILES string of the molecule is CCOc1ccc2[nH]c(=O)c(C[NH+](Cc3cccs3)Cc3nnnn3C(C)(C)C)cc2c1. The molecule has 1 aromatic carbocycles. The van der Waals surface area contributed by atoms with Crippen LogP contribution in [0.2, 0.25) is 0 Å². The first-order valence-electron chi connectivity index (χ1n) is 10.8. The number of fused-ring (bicyclic) bond motifs is 1. The molecule has 32 heavy (non-hydrogen) atoms. The van der Waals surface area contributed by atoms with Crippen molar-refractivity contribution in [3.63, 3.8) is 0 Å². The lowest BCUT2D eigenvalue weighted by Gasteiger charge is -2.23. The van der Waals surface area contributed by atoms with Gasteiger partial charge >= 0.3 is 0 Å². The molecule has 3 heterocycles. The van der Waals surface area contributed by atoms with E-state index in [1.54, 1.807) is 11.3 Å². The van der Waals surface area contributed by atoms with Gasteiger partial charge in [0.1, 0.15) is 25.4 Å². The highest BCUT2D eigenvalue weighted by Crippen LogP contribution is 2.19. The number of hydrogen-bond donors (Lipinski definition) is 2. The molecule has 1 unspecified atom stereocenters. The average Bonchev–Trinajstić information content (AvgIpc) is 3.41. The van der Waals surface area contributed by atoms with Gasteiger partial charge in [-0.3, -0.25) is 4.79 Å². The van der Waals surface area contributed by atoms with Crippen LogP contribution in [-0.2, 0) is 25.2 Å². The first-order valence-corrected chi connectivity index (χ1v) is 11.6. The Morgan fingerprint density at radius 3 is 2.72 bits per heavy atom. The summed E-state index contributed by atoms with van der Waals surface area (Å²) in [5.74, 6) is 1.60. The van der Waals surface area contributed by atoms with Crippen molar-refractivity contribution in [2.45, 2.75) is 52.9 Å². The van der Waals surface area contributed by atoms with Crippen LogP contribution in [0.15, 0.2) is 46.6 Å². The van der Waals surface area contributed by atoms with E-state index in [-0.39, 0.29) is 11.1 Å². The molecular formula is C23H29N6O2S+. The fraction of sp³-hybridized carbons (Fsp3) is 0.391. The van der Waals surface area contributed by atoms with Crippen LogP contribution in [0.25, 0.3) is 10.9 Å². The van der Waals surface area contributed by atoms with Crippen molar-refractivity contribution >= 4 is 22.2 Å². The van der Waals surface area contributed by atoms with Gasteiger partial charge in [0.25, 0.3) is 5.56 Å². The molecule has 0 saturated carbocycles. The van der Waals surface area contributed by atoms with Gasteiger partial charge < -0.3 is 14.6 Å². The standard InChI is InChI=1S/C23H28N6O2S/c1-5-31-18-8-9-20-16(12-18)11-17(22(30)24-20)13-28(14-19-7-6-10-32-19)15-21-25-26-27-29(21)23(2,3)4/h6-12H,5,13-15H2,1-4H3,(H,24,30)/p+1. The summed E-state index contributed by atoms with van der Waals surface area (Å²) in [7, 11) is 0. The molecule has 168 valence electrons. The van der Waals surface area contributed by atoms with Crippen molar-refractivity contribution in [3.05, 3.63) is 68.4 Å². The molecule has 4 rings (SSSR count). The smallest absolute Gasteiger partial charge is 0.257 e. The molecule has 0 amide bonds. The zero-order valence-corrected chi connectivity index (χ0v) is 19.7. The molecule has 0 bridgehead atoms. The number of hydrogen-bond acceptors (Lipinski definition) is 6. The van der Waals surface area contributed by atoms with Crippen LogP contribution in [0.1, 0.15) is 44.0 Å². The zero-order chi connectivity index (χ0) is 22.7. The predicted molar refractivity (Wildman–Crippen MR) is 125 cm³/mol. The molecule has 0 saturated heterocycles. The van der Waals surface area contributed by atoms with Crippen molar-refractivity contribution in [2.24, 2.45) is 0 Å². The first-order chi connectivity index (χ1) is 15.3. The van der Waals surface area contributed by atoms with Gasteiger partial charge in [0.2, 0.25) is 5.82 Å². The highest BCUT2D eigenvalue weighted by atomic mass is 32.1.